The van der Waals surface area contributed by atoms with Crippen LogP contribution in [0.4, 0.5) is 0 Å². The molecule has 0 spiro atoms. The Morgan fingerprint density at radius 2 is 0.961 bits per heavy atom. The van der Waals surface area contributed by atoms with Crippen molar-refractivity contribution in [3.8, 4) is 0 Å². The molecule has 6 nitrogen and oxygen atoms in total. The Bertz CT molecular complexity index is 1120. The molecule has 2 unspecified atom stereocenters. The van der Waals surface area contributed by atoms with Crippen LogP contribution in [0.25, 0.3) is 0 Å². The van der Waals surface area contributed by atoms with Crippen molar-refractivity contribution in [1.82, 2.24) is 5.32 Å². The van der Waals surface area contributed by atoms with Crippen LogP contribution in [-0.4, -0.2) is 41.9 Å². The standard InChI is InChI=1S/C44H75NO5S/c1-3-5-7-9-11-13-15-17-19-21-22-24-26-28-30-32-34-36-38-40-44(47)45-42(41-51(48,49)50)43(46)39-37-35-33-31-29-27-25-23-20-18-16-14-12-10-8-6-4-2/h5,7,11,13,17,19,22,24,28-31,37,39,42-43,46H,3-4,6,8-10,12,14-16,18,20-21,23,25-27,32-36,38,40-41H2,1-2H3,(H,45,47)(H,48,49,50)/b7-5-,13-11-,19-17-,24-22-,30-28-,31-29+,39-37+. The van der Waals surface area contributed by atoms with Crippen LogP contribution in [0.3, 0.4) is 0 Å². The van der Waals surface area contributed by atoms with E-state index in [0.717, 1.165) is 64.2 Å². The number of rotatable bonds is 35. The van der Waals surface area contributed by atoms with Gasteiger partial charge in [0.1, 0.15) is 0 Å². The first-order valence-corrected chi connectivity index (χ1v) is 21.9. The fraction of sp³-hybridized carbons (Fsp3) is 0.659. The molecule has 0 saturated heterocycles. The number of unbranched alkanes of at least 4 members (excludes halogenated alkanes) is 15. The SMILES string of the molecule is CC/C=C\C/C=C\C/C=C\C/C=C\C/C=C\CCCCCC(=O)NC(CS(=O)(=O)O)C(O)/C=C/CC/C=C/CCCCCCCCCCCCC. The highest BCUT2D eigenvalue weighted by molar-refractivity contribution is 7.85. The van der Waals surface area contributed by atoms with Crippen molar-refractivity contribution in [3.05, 3.63) is 85.1 Å². The molecule has 7 heteroatoms. The third kappa shape index (κ3) is 38.6. The fourth-order valence-electron chi connectivity index (χ4n) is 5.55. The first-order chi connectivity index (χ1) is 24.8. The Kier molecular flexibility index (Phi) is 35.5. The molecule has 0 aromatic heterocycles. The molecule has 0 heterocycles. The zero-order chi connectivity index (χ0) is 37.5. The summed E-state index contributed by atoms with van der Waals surface area (Å²) < 4.78 is 32.5. The van der Waals surface area contributed by atoms with Crippen molar-refractivity contribution >= 4 is 16.0 Å². The molecule has 51 heavy (non-hydrogen) atoms. The Labute approximate surface area is 314 Å². The van der Waals surface area contributed by atoms with Gasteiger partial charge in [0.25, 0.3) is 10.1 Å². The van der Waals surface area contributed by atoms with Gasteiger partial charge in [-0.2, -0.15) is 8.42 Å². The minimum absolute atomic E-state index is 0.244. The predicted molar refractivity (Wildman–Crippen MR) is 220 cm³/mol. The first kappa shape index (κ1) is 48.5. The van der Waals surface area contributed by atoms with Gasteiger partial charge < -0.3 is 10.4 Å². The van der Waals surface area contributed by atoms with Crippen molar-refractivity contribution < 1.29 is 22.9 Å². The van der Waals surface area contributed by atoms with Crippen LogP contribution in [-0.2, 0) is 14.9 Å². The normalized spacial score (nSPS) is 14.2. The number of nitrogens with one attached hydrogen (secondary N) is 1. The Morgan fingerprint density at radius 3 is 1.47 bits per heavy atom. The van der Waals surface area contributed by atoms with Crippen molar-refractivity contribution in [2.24, 2.45) is 0 Å². The van der Waals surface area contributed by atoms with Crippen molar-refractivity contribution in [1.29, 1.82) is 0 Å². The highest BCUT2D eigenvalue weighted by Gasteiger charge is 2.24. The van der Waals surface area contributed by atoms with Gasteiger partial charge in [0.2, 0.25) is 5.91 Å². The van der Waals surface area contributed by atoms with E-state index >= 15 is 0 Å². The van der Waals surface area contributed by atoms with Gasteiger partial charge in [-0.25, -0.2) is 0 Å². The summed E-state index contributed by atoms with van der Waals surface area (Å²) in [5.74, 6) is -1.05. The quantitative estimate of drug-likeness (QED) is 0.0342. The van der Waals surface area contributed by atoms with E-state index in [-0.39, 0.29) is 12.3 Å². The van der Waals surface area contributed by atoms with Crippen LogP contribution >= 0.6 is 0 Å². The average molecular weight is 730 g/mol. The molecular formula is C44H75NO5S. The van der Waals surface area contributed by atoms with Gasteiger partial charge in [-0.1, -0.05) is 170 Å². The number of aliphatic hydroxyl groups is 1. The molecule has 0 radical (unpaired) electrons. The number of hydrogen-bond acceptors (Lipinski definition) is 4. The summed E-state index contributed by atoms with van der Waals surface area (Å²) in [6.07, 6.45) is 54.2. The second kappa shape index (κ2) is 37.3. The molecule has 0 aliphatic rings. The van der Waals surface area contributed by atoms with E-state index in [1.165, 1.54) is 76.7 Å². The van der Waals surface area contributed by atoms with Crippen LogP contribution in [0.2, 0.25) is 0 Å². The molecule has 0 aliphatic carbocycles. The van der Waals surface area contributed by atoms with Gasteiger partial charge in [0, 0.05) is 6.42 Å². The zero-order valence-corrected chi connectivity index (χ0v) is 33.3. The molecule has 3 N–H and O–H groups in total. The van der Waals surface area contributed by atoms with E-state index in [1.54, 1.807) is 6.08 Å². The fourth-order valence-corrected chi connectivity index (χ4v) is 6.28. The minimum atomic E-state index is -4.37. The lowest BCUT2D eigenvalue weighted by atomic mass is 10.1. The Hall–Kier alpha value is -2.48. The highest BCUT2D eigenvalue weighted by atomic mass is 32.2. The predicted octanol–water partition coefficient (Wildman–Crippen LogP) is 12.0. The summed E-state index contributed by atoms with van der Waals surface area (Å²) >= 11 is 0. The van der Waals surface area contributed by atoms with Gasteiger partial charge in [0.15, 0.2) is 0 Å². The van der Waals surface area contributed by atoms with Crippen LogP contribution in [0.5, 0.6) is 0 Å². The molecule has 0 aromatic rings. The number of carbonyl (C=O) groups is 1. The van der Waals surface area contributed by atoms with E-state index in [4.69, 9.17) is 0 Å². The number of allylic oxidation sites excluding steroid dienone is 13. The lowest BCUT2D eigenvalue weighted by molar-refractivity contribution is -0.122. The monoisotopic (exact) mass is 730 g/mol. The lowest BCUT2D eigenvalue weighted by Gasteiger charge is -2.21. The van der Waals surface area contributed by atoms with Gasteiger partial charge >= 0.3 is 0 Å². The van der Waals surface area contributed by atoms with Crippen LogP contribution in [0.15, 0.2) is 85.1 Å². The van der Waals surface area contributed by atoms with Crippen LogP contribution in [0.1, 0.15) is 168 Å². The first-order valence-electron chi connectivity index (χ1n) is 20.3. The molecule has 0 bridgehead atoms. The minimum Gasteiger partial charge on any atom is -0.387 e. The maximum atomic E-state index is 12.5. The number of amides is 1. The second-order valence-electron chi connectivity index (χ2n) is 13.5. The summed E-state index contributed by atoms with van der Waals surface area (Å²) in [4.78, 5) is 12.5. The highest BCUT2D eigenvalue weighted by Crippen LogP contribution is 2.12. The molecular weight excluding hydrogens is 655 g/mol. The van der Waals surface area contributed by atoms with Crippen molar-refractivity contribution in [3.63, 3.8) is 0 Å². The van der Waals surface area contributed by atoms with Gasteiger partial charge in [-0.3, -0.25) is 9.35 Å². The summed E-state index contributed by atoms with van der Waals surface area (Å²) in [6.45, 7) is 4.40. The summed E-state index contributed by atoms with van der Waals surface area (Å²) in [5.41, 5.74) is 0. The largest absolute Gasteiger partial charge is 0.387 e. The summed E-state index contributed by atoms with van der Waals surface area (Å²) in [6, 6.07) is -1.10. The maximum Gasteiger partial charge on any atom is 0.267 e. The molecule has 1 amide bonds. The smallest absolute Gasteiger partial charge is 0.267 e. The summed E-state index contributed by atoms with van der Waals surface area (Å²) in [5, 5.41) is 13.2. The third-order valence-electron chi connectivity index (χ3n) is 8.56. The number of aliphatic hydroxyl groups excluding tert-OH is 1. The summed E-state index contributed by atoms with van der Waals surface area (Å²) in [7, 11) is -4.37. The van der Waals surface area contributed by atoms with Crippen LogP contribution < -0.4 is 5.32 Å². The number of hydrogen-bond donors (Lipinski definition) is 3. The van der Waals surface area contributed by atoms with Gasteiger partial charge in [-0.15, -0.1) is 0 Å². The van der Waals surface area contributed by atoms with E-state index in [0.29, 0.717) is 12.8 Å². The average Bonchev–Trinajstić information content (AvgIpc) is 3.09. The molecule has 2 atom stereocenters. The molecule has 0 saturated carbocycles. The van der Waals surface area contributed by atoms with E-state index in [2.05, 4.69) is 92.1 Å². The van der Waals surface area contributed by atoms with E-state index < -0.39 is 28.0 Å². The second-order valence-corrected chi connectivity index (χ2v) is 15.0. The molecule has 0 rings (SSSR count). The topological polar surface area (TPSA) is 104 Å². The third-order valence-corrected chi connectivity index (χ3v) is 9.34. The van der Waals surface area contributed by atoms with E-state index in [1.807, 2.05) is 0 Å². The Morgan fingerprint density at radius 1 is 0.549 bits per heavy atom. The maximum absolute atomic E-state index is 12.5. The molecule has 292 valence electrons. The lowest BCUT2D eigenvalue weighted by Crippen LogP contribution is -2.46. The van der Waals surface area contributed by atoms with Crippen molar-refractivity contribution in [2.45, 2.75) is 180 Å². The van der Waals surface area contributed by atoms with E-state index in [9.17, 15) is 22.9 Å². The van der Waals surface area contributed by atoms with Crippen molar-refractivity contribution in [2.75, 3.05) is 5.75 Å². The van der Waals surface area contributed by atoms with Gasteiger partial charge in [0.05, 0.1) is 17.9 Å². The van der Waals surface area contributed by atoms with Gasteiger partial charge in [-0.05, 0) is 77.0 Å². The molecule has 0 aromatic carbocycles. The molecule has 0 fully saturated rings. The van der Waals surface area contributed by atoms with Crippen LogP contribution in [0, 0.1) is 0 Å². The Balaban J connectivity index is 4.08. The zero-order valence-electron chi connectivity index (χ0n) is 32.4. The molecule has 0 aliphatic heterocycles. The number of carbonyl (C=O) groups excluding carboxylic acids is 1.